The van der Waals surface area contributed by atoms with Crippen molar-refractivity contribution in [2.45, 2.75) is 0 Å². The second-order valence-corrected chi connectivity index (χ2v) is 5.89. The van der Waals surface area contributed by atoms with Crippen molar-refractivity contribution in [3.8, 4) is 11.5 Å². The van der Waals surface area contributed by atoms with E-state index < -0.39 is 0 Å². The summed E-state index contributed by atoms with van der Waals surface area (Å²) in [6.45, 7) is 0. The number of carbonyl (C=O) groups is 1. The number of fused-ring (bicyclic) bond motifs is 1. The van der Waals surface area contributed by atoms with Gasteiger partial charge in [-0.1, -0.05) is 12.1 Å². The maximum Gasteiger partial charge on any atom is 0.271 e. The molecule has 0 radical (unpaired) electrons. The van der Waals surface area contributed by atoms with E-state index in [1.165, 1.54) is 7.11 Å². The van der Waals surface area contributed by atoms with E-state index >= 15 is 0 Å². The molecule has 118 valence electrons. The molecule has 0 fully saturated rings. The molecule has 7 heteroatoms. The van der Waals surface area contributed by atoms with Crippen LogP contribution in [0.3, 0.4) is 0 Å². The van der Waals surface area contributed by atoms with Crippen molar-refractivity contribution in [3.05, 3.63) is 51.9 Å². The number of imidazole rings is 1. The summed E-state index contributed by atoms with van der Waals surface area (Å²) in [5, 5.41) is 0. The Labute approximate surface area is 146 Å². The van der Waals surface area contributed by atoms with E-state index in [1.54, 1.807) is 30.2 Å². The van der Waals surface area contributed by atoms with Gasteiger partial charge in [-0.05, 0) is 46.9 Å². The summed E-state index contributed by atoms with van der Waals surface area (Å²) in [5.74, 6) is 0.841. The van der Waals surface area contributed by atoms with E-state index in [-0.39, 0.29) is 5.91 Å². The van der Waals surface area contributed by atoms with Crippen LogP contribution in [0.1, 0.15) is 10.4 Å². The Balaban J connectivity index is 1.94. The molecule has 0 aliphatic carbocycles. The quantitative estimate of drug-likeness (QED) is 0.656. The molecule has 0 unspecified atom stereocenters. The molecule has 0 saturated heterocycles. The minimum atomic E-state index is -0.251. The normalized spacial score (nSPS) is 10.6. The largest absolute Gasteiger partial charge is 0.493 e. The molecule has 1 N–H and O–H groups in total. The summed E-state index contributed by atoms with van der Waals surface area (Å²) in [4.78, 5) is 16.8. The van der Waals surface area contributed by atoms with E-state index in [4.69, 9.17) is 9.47 Å². The number of halogens is 1. The number of para-hydroxylation sites is 2. The van der Waals surface area contributed by atoms with E-state index in [1.807, 2.05) is 24.3 Å². The first-order valence-electron chi connectivity index (χ1n) is 6.79. The van der Waals surface area contributed by atoms with Crippen molar-refractivity contribution in [1.29, 1.82) is 0 Å². The van der Waals surface area contributed by atoms with Gasteiger partial charge >= 0.3 is 0 Å². The lowest BCUT2D eigenvalue weighted by Crippen LogP contribution is -2.23. The Kier molecular flexibility index (Phi) is 4.37. The second kappa shape index (κ2) is 6.45. The van der Waals surface area contributed by atoms with Crippen LogP contribution in [0.4, 0.5) is 0 Å². The summed E-state index contributed by atoms with van der Waals surface area (Å²) < 4.78 is 12.9. The summed E-state index contributed by atoms with van der Waals surface area (Å²) in [7, 11) is 3.10. The monoisotopic (exact) mass is 423 g/mol. The van der Waals surface area contributed by atoms with Gasteiger partial charge in [-0.15, -0.1) is 0 Å². The first-order chi connectivity index (χ1) is 11.1. The molecule has 1 aromatic heterocycles. The first-order valence-corrected chi connectivity index (χ1v) is 7.87. The zero-order valence-corrected chi connectivity index (χ0v) is 14.7. The fraction of sp³-hybridized carbons (Fsp3) is 0.125. The van der Waals surface area contributed by atoms with Gasteiger partial charge in [-0.25, -0.2) is 9.66 Å². The topological polar surface area (TPSA) is 65.4 Å². The van der Waals surface area contributed by atoms with Crippen LogP contribution >= 0.6 is 22.6 Å². The molecule has 0 bridgehead atoms. The Bertz CT molecular complexity index is 876. The Morgan fingerprint density at radius 3 is 2.61 bits per heavy atom. The molecule has 0 aliphatic rings. The molecule has 6 nitrogen and oxygen atoms in total. The number of benzene rings is 2. The van der Waals surface area contributed by atoms with E-state index in [0.717, 1.165) is 14.6 Å². The Morgan fingerprint density at radius 2 is 1.87 bits per heavy atom. The summed E-state index contributed by atoms with van der Waals surface area (Å²) in [6.07, 6.45) is 1.58. The molecule has 0 spiro atoms. The zero-order chi connectivity index (χ0) is 16.4. The van der Waals surface area contributed by atoms with E-state index in [9.17, 15) is 4.79 Å². The number of methoxy groups -OCH3 is 2. The third-order valence-electron chi connectivity index (χ3n) is 3.39. The van der Waals surface area contributed by atoms with Crippen molar-refractivity contribution < 1.29 is 14.3 Å². The van der Waals surface area contributed by atoms with Crippen molar-refractivity contribution in [2.24, 2.45) is 0 Å². The third-order valence-corrected chi connectivity index (χ3v) is 4.29. The highest BCUT2D eigenvalue weighted by atomic mass is 127. The minimum Gasteiger partial charge on any atom is -0.493 e. The molecule has 1 amide bonds. The molecule has 0 atom stereocenters. The second-order valence-electron chi connectivity index (χ2n) is 4.73. The molecular formula is C16H14IN3O3. The minimum absolute atomic E-state index is 0.251. The standard InChI is InChI=1S/C16H14IN3O3/c1-22-14-7-10(11(17)8-15(14)23-2)16(21)19-20-9-18-12-5-3-4-6-13(12)20/h3-9H,1-2H3,(H,19,21). The van der Waals surface area contributed by atoms with Crippen molar-refractivity contribution >= 4 is 39.5 Å². The van der Waals surface area contributed by atoms with Gasteiger partial charge in [-0.2, -0.15) is 0 Å². The lowest BCUT2D eigenvalue weighted by Gasteiger charge is -2.12. The van der Waals surface area contributed by atoms with Gasteiger partial charge in [0.05, 0.1) is 30.8 Å². The number of rotatable bonds is 4. The molecular weight excluding hydrogens is 409 g/mol. The highest BCUT2D eigenvalue weighted by molar-refractivity contribution is 14.1. The van der Waals surface area contributed by atoms with Crippen molar-refractivity contribution in [3.63, 3.8) is 0 Å². The van der Waals surface area contributed by atoms with Crippen LogP contribution in [0.2, 0.25) is 0 Å². The third kappa shape index (κ3) is 2.96. The average molecular weight is 423 g/mol. The first kappa shape index (κ1) is 15.6. The molecule has 3 aromatic rings. The van der Waals surface area contributed by atoms with Crippen LogP contribution in [0.25, 0.3) is 11.0 Å². The van der Waals surface area contributed by atoms with Gasteiger partial charge in [0.2, 0.25) is 0 Å². The number of ether oxygens (including phenoxy) is 2. The molecule has 3 rings (SSSR count). The molecule has 1 heterocycles. The van der Waals surface area contributed by atoms with Crippen molar-refractivity contribution in [2.75, 3.05) is 19.6 Å². The van der Waals surface area contributed by atoms with Gasteiger partial charge in [0.1, 0.15) is 6.33 Å². The van der Waals surface area contributed by atoms with Crippen LogP contribution in [0.15, 0.2) is 42.7 Å². The van der Waals surface area contributed by atoms with E-state index in [2.05, 4.69) is 33.0 Å². The fourth-order valence-electron chi connectivity index (χ4n) is 2.25. The number of amides is 1. The van der Waals surface area contributed by atoms with Gasteiger partial charge < -0.3 is 9.47 Å². The predicted octanol–water partition coefficient (Wildman–Crippen LogP) is 3.04. The van der Waals surface area contributed by atoms with Crippen LogP contribution < -0.4 is 14.9 Å². The average Bonchev–Trinajstić information content (AvgIpc) is 2.97. The molecule has 0 saturated carbocycles. The molecule has 0 aliphatic heterocycles. The number of hydrogen-bond acceptors (Lipinski definition) is 4. The SMILES string of the molecule is COc1cc(I)c(C(=O)Nn2cnc3ccccc32)cc1OC. The number of nitrogens with one attached hydrogen (secondary N) is 1. The van der Waals surface area contributed by atoms with Gasteiger partial charge in [-0.3, -0.25) is 10.2 Å². The summed E-state index contributed by atoms with van der Waals surface area (Å²) in [6, 6.07) is 11.0. The van der Waals surface area contributed by atoms with Crippen LogP contribution in [0.5, 0.6) is 11.5 Å². The summed E-state index contributed by atoms with van der Waals surface area (Å²) >= 11 is 2.10. The van der Waals surface area contributed by atoms with Crippen LogP contribution in [-0.2, 0) is 0 Å². The predicted molar refractivity (Wildman–Crippen MR) is 95.7 cm³/mol. The number of carbonyl (C=O) groups excluding carboxylic acids is 1. The molecule has 23 heavy (non-hydrogen) atoms. The van der Waals surface area contributed by atoms with E-state index in [0.29, 0.717) is 17.1 Å². The maximum atomic E-state index is 12.6. The van der Waals surface area contributed by atoms with Gasteiger partial charge in [0.25, 0.3) is 5.91 Å². The highest BCUT2D eigenvalue weighted by Gasteiger charge is 2.16. The number of aromatic nitrogens is 2. The highest BCUT2D eigenvalue weighted by Crippen LogP contribution is 2.31. The summed E-state index contributed by atoms with van der Waals surface area (Å²) in [5.41, 5.74) is 4.97. The smallest absolute Gasteiger partial charge is 0.271 e. The van der Waals surface area contributed by atoms with Gasteiger partial charge in [0, 0.05) is 3.57 Å². The Hall–Kier alpha value is -2.29. The van der Waals surface area contributed by atoms with Crippen molar-refractivity contribution in [1.82, 2.24) is 9.66 Å². The van der Waals surface area contributed by atoms with Gasteiger partial charge in [0.15, 0.2) is 11.5 Å². The fourth-order valence-corrected chi connectivity index (χ4v) is 2.93. The lowest BCUT2D eigenvalue weighted by atomic mass is 10.2. The zero-order valence-electron chi connectivity index (χ0n) is 12.5. The Morgan fingerprint density at radius 1 is 1.17 bits per heavy atom. The lowest BCUT2D eigenvalue weighted by molar-refractivity contribution is 0.101. The maximum absolute atomic E-state index is 12.6. The number of nitrogens with zero attached hydrogens (tertiary/aromatic N) is 2. The van der Waals surface area contributed by atoms with Crippen LogP contribution in [0, 0.1) is 3.57 Å². The van der Waals surface area contributed by atoms with Crippen LogP contribution in [-0.4, -0.2) is 29.8 Å². The molecule has 2 aromatic carbocycles. The number of hydrogen-bond donors (Lipinski definition) is 1.